The van der Waals surface area contributed by atoms with Gasteiger partial charge in [-0.2, -0.15) is 0 Å². The van der Waals surface area contributed by atoms with Gasteiger partial charge in [-0.3, -0.25) is 0 Å². The highest BCUT2D eigenvalue weighted by Gasteiger charge is 2.24. The van der Waals surface area contributed by atoms with Crippen molar-refractivity contribution >= 4 is 43.5 Å². The zero-order chi connectivity index (χ0) is 29.5. The van der Waals surface area contributed by atoms with E-state index in [2.05, 4.69) is 132 Å². The Kier molecular flexibility index (Phi) is 5.00. The van der Waals surface area contributed by atoms with Crippen LogP contribution in [-0.4, -0.2) is 14.5 Å². The van der Waals surface area contributed by atoms with Crippen LogP contribution in [0.25, 0.3) is 94.1 Å². The molecule has 208 valence electrons. The van der Waals surface area contributed by atoms with Crippen molar-refractivity contribution in [3.8, 4) is 50.6 Å². The summed E-state index contributed by atoms with van der Waals surface area (Å²) >= 11 is 0. The molecule has 3 nitrogen and oxygen atoms in total. The highest BCUT2D eigenvalue weighted by Crippen LogP contribution is 2.49. The van der Waals surface area contributed by atoms with Crippen molar-refractivity contribution in [2.75, 3.05) is 0 Å². The van der Waals surface area contributed by atoms with E-state index < -0.39 is 0 Å². The summed E-state index contributed by atoms with van der Waals surface area (Å²) in [6, 6.07) is 54.2. The van der Waals surface area contributed by atoms with Gasteiger partial charge in [0.1, 0.15) is 0 Å². The van der Waals surface area contributed by atoms with Gasteiger partial charge in [-0.1, -0.05) is 121 Å². The molecule has 0 atom stereocenters. The van der Waals surface area contributed by atoms with E-state index in [9.17, 15) is 0 Å². The van der Waals surface area contributed by atoms with Crippen molar-refractivity contribution in [1.82, 2.24) is 14.5 Å². The lowest BCUT2D eigenvalue weighted by atomic mass is 9.93. The largest absolute Gasteiger partial charge is 0.309 e. The molecule has 10 rings (SSSR count). The Bertz CT molecular complexity index is 2540. The van der Waals surface area contributed by atoms with Gasteiger partial charge in [0.2, 0.25) is 0 Å². The topological polar surface area (TPSA) is 30.7 Å². The predicted octanol–water partition coefficient (Wildman–Crippen LogP) is 10.9. The third-order valence-corrected chi connectivity index (χ3v) is 9.32. The maximum atomic E-state index is 5.17. The Labute approximate surface area is 259 Å². The summed E-state index contributed by atoms with van der Waals surface area (Å²) in [5.41, 5.74) is 12.6. The van der Waals surface area contributed by atoms with Crippen LogP contribution < -0.4 is 0 Å². The summed E-state index contributed by atoms with van der Waals surface area (Å²) in [5.74, 6) is 0.732. The number of hydrogen-bond acceptors (Lipinski definition) is 2. The van der Waals surface area contributed by atoms with Gasteiger partial charge in [0.15, 0.2) is 5.82 Å². The van der Waals surface area contributed by atoms with Crippen molar-refractivity contribution in [3.63, 3.8) is 0 Å². The minimum Gasteiger partial charge on any atom is -0.309 e. The fourth-order valence-electron chi connectivity index (χ4n) is 7.41. The number of hydrogen-bond donors (Lipinski definition) is 0. The van der Waals surface area contributed by atoms with Crippen molar-refractivity contribution in [3.05, 3.63) is 152 Å². The zero-order valence-corrected chi connectivity index (χ0v) is 24.3. The van der Waals surface area contributed by atoms with Crippen LogP contribution in [0, 0.1) is 0 Å². The van der Waals surface area contributed by atoms with Gasteiger partial charge >= 0.3 is 0 Å². The van der Waals surface area contributed by atoms with Gasteiger partial charge in [-0.15, -0.1) is 0 Å². The van der Waals surface area contributed by atoms with Gasteiger partial charge in [0.05, 0.1) is 22.2 Å². The number of fused-ring (bicyclic) bond motifs is 3. The Balaban J connectivity index is 1.30. The maximum absolute atomic E-state index is 5.17. The molecular weight excluding hydrogens is 546 g/mol. The molecule has 0 saturated carbocycles. The standard InChI is InChI=1S/C42H25N3/c1-3-11-27(12-4-1)41-34-25-29(23-24-35(34)43-42(44-41)28-13-5-2-6-14-28)45-36-21-9-19-32-30-17-7-15-26-16-8-18-31(38(26)30)33-20-10-22-37(45)40(33)39(32)36/h1-25H. The molecule has 0 amide bonds. The molecule has 0 fully saturated rings. The van der Waals surface area contributed by atoms with Gasteiger partial charge in [-0.25, -0.2) is 9.97 Å². The van der Waals surface area contributed by atoms with Crippen LogP contribution in [-0.2, 0) is 0 Å². The quantitative estimate of drug-likeness (QED) is 0.211. The zero-order valence-electron chi connectivity index (χ0n) is 24.3. The molecule has 45 heavy (non-hydrogen) atoms. The maximum Gasteiger partial charge on any atom is 0.160 e. The molecule has 0 radical (unpaired) electrons. The lowest BCUT2D eigenvalue weighted by Gasteiger charge is -2.15. The molecule has 0 N–H and O–H groups in total. The molecule has 9 aromatic rings. The van der Waals surface area contributed by atoms with Crippen LogP contribution in [0.5, 0.6) is 0 Å². The minimum atomic E-state index is 0.732. The Hall–Kier alpha value is -6.06. The van der Waals surface area contributed by atoms with Crippen molar-refractivity contribution in [2.45, 2.75) is 0 Å². The summed E-state index contributed by atoms with van der Waals surface area (Å²) in [7, 11) is 0. The summed E-state index contributed by atoms with van der Waals surface area (Å²) in [5, 5.41) is 6.22. The summed E-state index contributed by atoms with van der Waals surface area (Å²) < 4.78 is 2.42. The molecule has 3 heteroatoms. The van der Waals surface area contributed by atoms with E-state index in [1.807, 2.05) is 24.3 Å². The van der Waals surface area contributed by atoms with E-state index in [0.717, 1.165) is 39.2 Å². The highest BCUT2D eigenvalue weighted by molar-refractivity contribution is 6.27. The Morgan fingerprint density at radius 1 is 0.422 bits per heavy atom. The van der Waals surface area contributed by atoms with Gasteiger partial charge in [0.25, 0.3) is 0 Å². The number of rotatable bonds is 3. The summed E-state index contributed by atoms with van der Waals surface area (Å²) in [4.78, 5) is 10.2. The Morgan fingerprint density at radius 3 is 1.60 bits per heavy atom. The van der Waals surface area contributed by atoms with Crippen LogP contribution >= 0.6 is 0 Å². The van der Waals surface area contributed by atoms with Crippen LogP contribution in [0.15, 0.2) is 152 Å². The normalized spacial score (nSPS) is 12.0. The smallest absolute Gasteiger partial charge is 0.160 e. The van der Waals surface area contributed by atoms with Gasteiger partial charge < -0.3 is 4.57 Å². The fourth-order valence-corrected chi connectivity index (χ4v) is 7.41. The third kappa shape index (κ3) is 3.46. The third-order valence-electron chi connectivity index (χ3n) is 9.32. The van der Waals surface area contributed by atoms with E-state index in [-0.39, 0.29) is 0 Å². The second-order valence-electron chi connectivity index (χ2n) is 11.8. The van der Waals surface area contributed by atoms with E-state index >= 15 is 0 Å². The molecular formula is C42H25N3. The molecule has 1 aliphatic rings. The average molecular weight is 572 g/mol. The second kappa shape index (κ2) is 9.22. The van der Waals surface area contributed by atoms with Gasteiger partial charge in [-0.05, 0) is 63.4 Å². The number of aromatic nitrogens is 3. The van der Waals surface area contributed by atoms with Crippen LogP contribution in [0.2, 0.25) is 0 Å². The predicted molar refractivity (Wildman–Crippen MR) is 187 cm³/mol. The highest BCUT2D eigenvalue weighted by atomic mass is 15.0. The lowest BCUT2D eigenvalue weighted by Crippen LogP contribution is -1.98. The molecule has 0 spiro atoms. The van der Waals surface area contributed by atoms with Gasteiger partial charge in [0, 0.05) is 33.0 Å². The summed E-state index contributed by atoms with van der Waals surface area (Å²) in [6.45, 7) is 0. The Morgan fingerprint density at radius 2 is 0.978 bits per heavy atom. The number of benzene rings is 7. The minimum absolute atomic E-state index is 0.732. The van der Waals surface area contributed by atoms with E-state index in [0.29, 0.717) is 0 Å². The van der Waals surface area contributed by atoms with E-state index in [1.54, 1.807) is 0 Å². The SMILES string of the molecule is c1ccc(-c2nc(-c3ccccc3)c3cc(-n4c5cccc6c5c5c(cccc54)-c4cccc5cccc-6c45)ccc3n2)cc1. The second-order valence-corrected chi connectivity index (χ2v) is 11.8. The van der Waals surface area contributed by atoms with E-state index in [1.165, 1.54) is 54.8 Å². The first-order chi connectivity index (χ1) is 22.3. The van der Waals surface area contributed by atoms with Crippen molar-refractivity contribution in [1.29, 1.82) is 0 Å². The molecule has 2 aromatic heterocycles. The molecule has 7 aromatic carbocycles. The molecule has 0 aliphatic heterocycles. The van der Waals surface area contributed by atoms with Crippen molar-refractivity contribution < 1.29 is 0 Å². The lowest BCUT2D eigenvalue weighted by molar-refractivity contribution is 1.18. The molecule has 0 bridgehead atoms. The number of nitrogens with zero attached hydrogens (tertiary/aromatic N) is 3. The average Bonchev–Trinajstić information content (AvgIpc) is 3.39. The first-order valence-electron chi connectivity index (χ1n) is 15.4. The monoisotopic (exact) mass is 571 g/mol. The molecule has 0 saturated heterocycles. The molecule has 1 aliphatic carbocycles. The fraction of sp³-hybridized carbons (Fsp3) is 0. The van der Waals surface area contributed by atoms with E-state index in [4.69, 9.17) is 9.97 Å². The first kappa shape index (κ1) is 24.4. The van der Waals surface area contributed by atoms with Crippen molar-refractivity contribution in [2.24, 2.45) is 0 Å². The molecule has 2 heterocycles. The molecule has 0 unspecified atom stereocenters. The first-order valence-corrected chi connectivity index (χ1v) is 15.4. The van der Waals surface area contributed by atoms with Crippen LogP contribution in [0.4, 0.5) is 0 Å². The summed E-state index contributed by atoms with van der Waals surface area (Å²) in [6.07, 6.45) is 0. The van der Waals surface area contributed by atoms with Crippen LogP contribution in [0.1, 0.15) is 0 Å². The van der Waals surface area contributed by atoms with Crippen LogP contribution in [0.3, 0.4) is 0 Å².